The number of benzene rings is 1. The molecule has 0 aliphatic carbocycles. The highest BCUT2D eigenvalue weighted by atomic mass is 16.6. The Labute approximate surface area is 127 Å². The Kier molecular flexibility index (Phi) is 3.04. The maximum absolute atomic E-state index is 12.3. The van der Waals surface area contributed by atoms with Gasteiger partial charge in [-0.15, -0.1) is 0 Å². The third-order valence-electron chi connectivity index (χ3n) is 3.88. The first-order valence-corrected chi connectivity index (χ1v) is 7.28. The monoisotopic (exact) mass is 293 g/mol. The van der Waals surface area contributed by atoms with Gasteiger partial charge in [0.2, 0.25) is 0 Å². The van der Waals surface area contributed by atoms with E-state index < -0.39 is 0 Å². The van der Waals surface area contributed by atoms with Crippen LogP contribution in [0.1, 0.15) is 11.4 Å². The molecule has 0 unspecified atom stereocenters. The zero-order valence-electron chi connectivity index (χ0n) is 12.0. The molecule has 0 fully saturated rings. The lowest BCUT2D eigenvalue weighted by Gasteiger charge is -2.25. The maximum Gasteiger partial charge on any atom is 0.415 e. The first-order chi connectivity index (χ1) is 10.8. The van der Waals surface area contributed by atoms with Crippen LogP contribution in [0.5, 0.6) is 5.75 Å². The topological polar surface area (TPSA) is 46.8 Å². The molecule has 1 aliphatic rings. The maximum atomic E-state index is 12.3. The Morgan fingerprint density at radius 1 is 1.09 bits per heavy atom. The summed E-state index contributed by atoms with van der Waals surface area (Å²) in [6, 6.07) is 15.1. The second-order valence-electron chi connectivity index (χ2n) is 5.29. The van der Waals surface area contributed by atoms with Gasteiger partial charge in [-0.3, -0.25) is 0 Å². The van der Waals surface area contributed by atoms with Gasteiger partial charge in [-0.1, -0.05) is 24.3 Å². The average molecular weight is 293 g/mol. The van der Waals surface area contributed by atoms with E-state index in [4.69, 9.17) is 4.74 Å². The Hall–Kier alpha value is -2.82. The number of para-hydroxylation sites is 1. The summed E-state index contributed by atoms with van der Waals surface area (Å²) in [4.78, 5) is 18.6. The summed E-state index contributed by atoms with van der Waals surface area (Å²) in [6.45, 7) is 1.15. The summed E-state index contributed by atoms with van der Waals surface area (Å²) in [7, 11) is 0. The van der Waals surface area contributed by atoms with E-state index in [1.54, 1.807) is 17.0 Å². The minimum Gasteiger partial charge on any atom is -0.410 e. The highest BCUT2D eigenvalue weighted by Crippen LogP contribution is 2.21. The number of ether oxygens (including phenoxy) is 1. The first-order valence-electron chi connectivity index (χ1n) is 7.28. The van der Waals surface area contributed by atoms with E-state index in [0.29, 0.717) is 18.8 Å². The zero-order chi connectivity index (χ0) is 14.9. The highest BCUT2D eigenvalue weighted by Gasteiger charge is 2.25. The zero-order valence-corrected chi connectivity index (χ0v) is 12.0. The molecule has 1 aromatic carbocycles. The molecule has 1 aliphatic heterocycles. The number of amides is 1. The summed E-state index contributed by atoms with van der Waals surface area (Å²) in [5.41, 5.74) is 3.05. The third-order valence-corrected chi connectivity index (χ3v) is 3.88. The Morgan fingerprint density at radius 2 is 1.91 bits per heavy atom. The lowest BCUT2D eigenvalue weighted by atomic mass is 10.1. The molecule has 1 amide bonds. The van der Waals surface area contributed by atoms with Crippen LogP contribution >= 0.6 is 0 Å². The van der Waals surface area contributed by atoms with Crippen molar-refractivity contribution in [3.05, 3.63) is 66.1 Å². The summed E-state index contributed by atoms with van der Waals surface area (Å²) in [5, 5.41) is 0. The van der Waals surface area contributed by atoms with Crippen molar-refractivity contribution >= 4 is 11.7 Å². The van der Waals surface area contributed by atoms with Crippen LogP contribution in [-0.2, 0) is 13.0 Å². The van der Waals surface area contributed by atoms with Crippen molar-refractivity contribution in [2.75, 3.05) is 6.54 Å². The Bertz CT molecular complexity index is 826. The predicted molar refractivity (Wildman–Crippen MR) is 81.8 cm³/mol. The van der Waals surface area contributed by atoms with Gasteiger partial charge in [-0.05, 0) is 24.3 Å². The number of carbonyl (C=O) groups is 1. The fourth-order valence-corrected chi connectivity index (χ4v) is 2.77. The van der Waals surface area contributed by atoms with Gasteiger partial charge in [-0.25, -0.2) is 9.78 Å². The van der Waals surface area contributed by atoms with Gasteiger partial charge in [0.15, 0.2) is 0 Å². The quantitative estimate of drug-likeness (QED) is 0.693. The van der Waals surface area contributed by atoms with Crippen molar-refractivity contribution in [1.29, 1.82) is 0 Å². The molecule has 2 aromatic heterocycles. The lowest BCUT2D eigenvalue weighted by Crippen LogP contribution is -2.38. The number of fused-ring (bicyclic) bond motifs is 3. The molecule has 3 heterocycles. The first kappa shape index (κ1) is 12.9. The summed E-state index contributed by atoms with van der Waals surface area (Å²) in [6.07, 6.45) is 2.41. The van der Waals surface area contributed by atoms with Crippen molar-refractivity contribution in [1.82, 2.24) is 14.3 Å². The van der Waals surface area contributed by atoms with Gasteiger partial charge in [0.05, 0.1) is 17.9 Å². The van der Waals surface area contributed by atoms with Crippen LogP contribution in [0.4, 0.5) is 4.79 Å². The van der Waals surface area contributed by atoms with Crippen LogP contribution in [0, 0.1) is 0 Å². The third kappa shape index (κ3) is 2.20. The number of carbonyl (C=O) groups excluding carboxylic acids is 1. The minimum atomic E-state index is -0.317. The molecule has 0 atom stereocenters. The van der Waals surface area contributed by atoms with Gasteiger partial charge in [0.1, 0.15) is 11.4 Å². The minimum absolute atomic E-state index is 0.317. The van der Waals surface area contributed by atoms with Gasteiger partial charge in [0, 0.05) is 19.2 Å². The van der Waals surface area contributed by atoms with E-state index in [2.05, 4.69) is 4.98 Å². The molecule has 0 bridgehead atoms. The van der Waals surface area contributed by atoms with Crippen molar-refractivity contribution in [2.45, 2.75) is 13.0 Å². The molecule has 0 saturated carbocycles. The number of aromatic nitrogens is 2. The number of rotatable bonds is 1. The molecular weight excluding hydrogens is 278 g/mol. The summed E-state index contributed by atoms with van der Waals surface area (Å²) >= 11 is 0. The molecule has 3 aromatic rings. The second kappa shape index (κ2) is 5.18. The molecule has 0 radical (unpaired) electrons. The van der Waals surface area contributed by atoms with Crippen LogP contribution in [0.25, 0.3) is 5.65 Å². The van der Waals surface area contributed by atoms with Crippen molar-refractivity contribution < 1.29 is 9.53 Å². The van der Waals surface area contributed by atoms with Crippen LogP contribution in [-0.4, -0.2) is 26.9 Å². The number of pyridine rings is 1. The lowest BCUT2D eigenvalue weighted by molar-refractivity contribution is 0.146. The molecule has 110 valence electrons. The van der Waals surface area contributed by atoms with Crippen molar-refractivity contribution in [2.24, 2.45) is 0 Å². The number of imidazole rings is 1. The van der Waals surface area contributed by atoms with E-state index in [1.807, 2.05) is 47.0 Å². The van der Waals surface area contributed by atoms with E-state index in [-0.39, 0.29) is 6.09 Å². The fraction of sp³-hybridized carbons (Fsp3) is 0.176. The fourth-order valence-electron chi connectivity index (χ4n) is 2.77. The standard InChI is InChI=1S/C17H15N3O2/c21-17(22-13-6-2-1-3-7-13)19-11-9-14-15(12-19)20-10-5-4-8-16(20)18-14/h1-8,10H,9,11-12H2. The molecule has 4 rings (SSSR count). The van der Waals surface area contributed by atoms with Crippen LogP contribution in [0.15, 0.2) is 54.7 Å². The van der Waals surface area contributed by atoms with Crippen molar-refractivity contribution in [3.63, 3.8) is 0 Å². The average Bonchev–Trinajstić information content (AvgIpc) is 2.93. The molecule has 22 heavy (non-hydrogen) atoms. The largest absolute Gasteiger partial charge is 0.415 e. The van der Waals surface area contributed by atoms with Gasteiger partial charge in [0.25, 0.3) is 0 Å². The van der Waals surface area contributed by atoms with E-state index in [1.165, 1.54) is 0 Å². The molecule has 5 heteroatoms. The smallest absolute Gasteiger partial charge is 0.410 e. The molecule has 5 nitrogen and oxygen atoms in total. The van der Waals surface area contributed by atoms with Gasteiger partial charge < -0.3 is 14.0 Å². The van der Waals surface area contributed by atoms with E-state index in [0.717, 1.165) is 23.5 Å². The molecule has 0 spiro atoms. The SMILES string of the molecule is O=C(Oc1ccccc1)N1CCc2nc3ccccn3c2C1. The van der Waals surface area contributed by atoms with Crippen LogP contribution in [0.3, 0.4) is 0 Å². The van der Waals surface area contributed by atoms with Crippen LogP contribution < -0.4 is 4.74 Å². The van der Waals surface area contributed by atoms with E-state index >= 15 is 0 Å². The second-order valence-corrected chi connectivity index (χ2v) is 5.29. The molecular formula is C17H15N3O2. The molecule has 0 saturated heterocycles. The number of hydrogen-bond donors (Lipinski definition) is 0. The molecule has 0 N–H and O–H groups in total. The van der Waals surface area contributed by atoms with Crippen LogP contribution in [0.2, 0.25) is 0 Å². The number of nitrogens with zero attached hydrogens (tertiary/aromatic N) is 3. The van der Waals surface area contributed by atoms with Crippen molar-refractivity contribution in [3.8, 4) is 5.75 Å². The Morgan fingerprint density at radius 3 is 2.77 bits per heavy atom. The normalized spacial score (nSPS) is 13.9. The highest BCUT2D eigenvalue weighted by molar-refractivity contribution is 5.71. The number of hydrogen-bond acceptors (Lipinski definition) is 3. The summed E-state index contributed by atoms with van der Waals surface area (Å²) in [5.74, 6) is 0.566. The van der Waals surface area contributed by atoms with Gasteiger partial charge >= 0.3 is 6.09 Å². The summed E-state index contributed by atoms with van der Waals surface area (Å²) < 4.78 is 7.45. The predicted octanol–water partition coefficient (Wildman–Crippen LogP) is 2.89. The van der Waals surface area contributed by atoms with Gasteiger partial charge in [-0.2, -0.15) is 0 Å². The van der Waals surface area contributed by atoms with E-state index in [9.17, 15) is 4.79 Å². The Balaban J connectivity index is 1.57.